The topological polar surface area (TPSA) is 38.3 Å². The fraction of sp³-hybridized carbons (Fsp3) is 0.462. The van der Waals surface area contributed by atoms with E-state index < -0.39 is 0 Å². The zero-order valence-corrected chi connectivity index (χ0v) is 9.75. The molecule has 1 heterocycles. The van der Waals surface area contributed by atoms with Gasteiger partial charge in [0.2, 0.25) is 0 Å². The molecule has 0 aliphatic carbocycles. The molecule has 0 radical (unpaired) electrons. The summed E-state index contributed by atoms with van der Waals surface area (Å²) in [5.74, 6) is 1.28. The predicted octanol–water partition coefficient (Wildman–Crippen LogP) is 1.66. The Labute approximate surface area is 95.8 Å². The number of aryl methyl sites for hydroxylation is 1. The molecular weight excluding hydrogens is 202 g/mol. The van der Waals surface area contributed by atoms with Gasteiger partial charge in [0.05, 0.1) is 7.11 Å². The van der Waals surface area contributed by atoms with Crippen molar-refractivity contribution in [1.29, 1.82) is 0 Å². The van der Waals surface area contributed by atoms with Crippen molar-refractivity contribution in [3.05, 3.63) is 29.3 Å². The van der Waals surface area contributed by atoms with Crippen LogP contribution in [0.5, 0.6) is 5.75 Å². The van der Waals surface area contributed by atoms with E-state index >= 15 is 0 Å². The van der Waals surface area contributed by atoms with Crippen molar-refractivity contribution in [1.82, 2.24) is 5.32 Å². The third kappa shape index (κ3) is 1.95. The van der Waals surface area contributed by atoms with Crippen LogP contribution in [0.2, 0.25) is 0 Å². The van der Waals surface area contributed by atoms with E-state index in [9.17, 15) is 4.79 Å². The molecule has 1 aliphatic rings. The minimum absolute atomic E-state index is 0.165. The van der Waals surface area contributed by atoms with Gasteiger partial charge in [0, 0.05) is 24.6 Å². The third-order valence-corrected chi connectivity index (χ3v) is 3.10. The number of hydrogen-bond acceptors (Lipinski definition) is 3. The van der Waals surface area contributed by atoms with E-state index in [4.69, 9.17) is 4.74 Å². The highest BCUT2D eigenvalue weighted by Gasteiger charge is 2.26. The summed E-state index contributed by atoms with van der Waals surface area (Å²) in [6.45, 7) is 3.69. The van der Waals surface area contributed by atoms with Gasteiger partial charge in [-0.2, -0.15) is 0 Å². The standard InChI is InChI=1S/C13H17NO2/c1-3-9-6-10(4-5-12(9)16-2)13(15)11-7-14-8-11/h4-6,11,14H,3,7-8H2,1-2H3. The van der Waals surface area contributed by atoms with E-state index in [2.05, 4.69) is 12.2 Å². The van der Waals surface area contributed by atoms with Crippen LogP contribution in [0, 0.1) is 5.92 Å². The molecule has 16 heavy (non-hydrogen) atoms. The summed E-state index contributed by atoms with van der Waals surface area (Å²) in [5.41, 5.74) is 1.91. The molecule has 0 spiro atoms. The van der Waals surface area contributed by atoms with Gasteiger partial charge in [-0.15, -0.1) is 0 Å². The summed E-state index contributed by atoms with van der Waals surface area (Å²) in [5, 5.41) is 3.12. The van der Waals surface area contributed by atoms with Crippen molar-refractivity contribution in [2.24, 2.45) is 5.92 Å². The van der Waals surface area contributed by atoms with Crippen LogP contribution in [0.15, 0.2) is 18.2 Å². The second-order valence-electron chi connectivity index (χ2n) is 4.10. The number of Topliss-reactive ketones (excluding diaryl/α,β-unsaturated/α-hetero) is 1. The lowest BCUT2D eigenvalue weighted by atomic mass is 9.91. The summed E-state index contributed by atoms with van der Waals surface area (Å²) in [4.78, 5) is 12.0. The van der Waals surface area contributed by atoms with Crippen LogP contribution in [0.1, 0.15) is 22.8 Å². The number of hydrogen-bond donors (Lipinski definition) is 1. The maximum Gasteiger partial charge on any atom is 0.168 e. The molecule has 0 aromatic heterocycles. The molecule has 0 saturated carbocycles. The largest absolute Gasteiger partial charge is 0.496 e. The molecule has 2 rings (SSSR count). The minimum atomic E-state index is 0.165. The molecule has 0 unspecified atom stereocenters. The van der Waals surface area contributed by atoms with Crippen molar-refractivity contribution in [3.63, 3.8) is 0 Å². The maximum absolute atomic E-state index is 12.0. The highest BCUT2D eigenvalue weighted by Crippen LogP contribution is 2.22. The molecular formula is C13H17NO2. The number of nitrogens with one attached hydrogen (secondary N) is 1. The molecule has 0 atom stereocenters. The van der Waals surface area contributed by atoms with Gasteiger partial charge < -0.3 is 10.1 Å². The zero-order chi connectivity index (χ0) is 11.5. The highest BCUT2D eigenvalue weighted by molar-refractivity contribution is 5.99. The average Bonchev–Trinajstić information content (AvgIpc) is 2.25. The molecule has 1 N–H and O–H groups in total. The van der Waals surface area contributed by atoms with Crippen molar-refractivity contribution in [2.75, 3.05) is 20.2 Å². The van der Waals surface area contributed by atoms with Gasteiger partial charge in [-0.25, -0.2) is 0 Å². The van der Waals surface area contributed by atoms with E-state index in [1.54, 1.807) is 7.11 Å². The lowest BCUT2D eigenvalue weighted by Crippen LogP contribution is -2.46. The lowest BCUT2D eigenvalue weighted by Gasteiger charge is -2.25. The van der Waals surface area contributed by atoms with Crippen molar-refractivity contribution in [3.8, 4) is 5.75 Å². The van der Waals surface area contributed by atoms with E-state index in [0.29, 0.717) is 0 Å². The number of carbonyl (C=O) groups is 1. The van der Waals surface area contributed by atoms with Crippen LogP contribution >= 0.6 is 0 Å². The summed E-state index contributed by atoms with van der Waals surface area (Å²) in [6, 6.07) is 5.70. The molecule has 86 valence electrons. The Morgan fingerprint density at radius 3 is 2.75 bits per heavy atom. The number of ether oxygens (including phenoxy) is 1. The molecule has 1 saturated heterocycles. The first-order valence-electron chi connectivity index (χ1n) is 5.68. The first kappa shape index (κ1) is 11.1. The third-order valence-electron chi connectivity index (χ3n) is 3.10. The number of ketones is 1. The van der Waals surface area contributed by atoms with Gasteiger partial charge in [-0.05, 0) is 30.2 Å². The number of rotatable bonds is 4. The van der Waals surface area contributed by atoms with E-state index in [-0.39, 0.29) is 11.7 Å². The quantitative estimate of drug-likeness (QED) is 0.783. The van der Waals surface area contributed by atoms with Gasteiger partial charge in [-0.3, -0.25) is 4.79 Å². The Hall–Kier alpha value is -1.35. The molecule has 1 fully saturated rings. The van der Waals surface area contributed by atoms with Gasteiger partial charge in [0.25, 0.3) is 0 Å². The number of carbonyl (C=O) groups excluding carboxylic acids is 1. The normalized spacial score (nSPS) is 15.6. The number of methoxy groups -OCH3 is 1. The minimum Gasteiger partial charge on any atom is -0.496 e. The zero-order valence-electron chi connectivity index (χ0n) is 9.75. The molecule has 1 aromatic carbocycles. The SMILES string of the molecule is CCc1cc(C(=O)C2CNC2)ccc1OC. The molecule has 1 aliphatic heterocycles. The molecule has 0 amide bonds. The fourth-order valence-corrected chi connectivity index (χ4v) is 1.92. The van der Waals surface area contributed by atoms with Crippen LogP contribution in [0.3, 0.4) is 0 Å². The van der Waals surface area contributed by atoms with Crippen LogP contribution in [-0.2, 0) is 6.42 Å². The van der Waals surface area contributed by atoms with Gasteiger partial charge in [-0.1, -0.05) is 6.92 Å². The molecule has 1 aromatic rings. The van der Waals surface area contributed by atoms with E-state index in [1.165, 1.54) is 0 Å². The Morgan fingerprint density at radius 1 is 1.50 bits per heavy atom. The monoisotopic (exact) mass is 219 g/mol. The summed E-state index contributed by atoms with van der Waals surface area (Å²) in [6.07, 6.45) is 0.882. The smallest absolute Gasteiger partial charge is 0.168 e. The van der Waals surface area contributed by atoms with E-state index in [1.807, 2.05) is 18.2 Å². The summed E-state index contributed by atoms with van der Waals surface area (Å²) in [7, 11) is 1.66. The van der Waals surface area contributed by atoms with Crippen LogP contribution < -0.4 is 10.1 Å². The van der Waals surface area contributed by atoms with Gasteiger partial charge >= 0.3 is 0 Å². The van der Waals surface area contributed by atoms with Crippen molar-refractivity contribution in [2.45, 2.75) is 13.3 Å². The summed E-state index contributed by atoms with van der Waals surface area (Å²) < 4.78 is 5.25. The Bertz CT molecular complexity index is 397. The average molecular weight is 219 g/mol. The first-order chi connectivity index (χ1) is 7.76. The lowest BCUT2D eigenvalue weighted by molar-refractivity contribution is 0.0878. The van der Waals surface area contributed by atoms with Crippen molar-refractivity contribution < 1.29 is 9.53 Å². The fourth-order valence-electron chi connectivity index (χ4n) is 1.92. The second-order valence-corrected chi connectivity index (χ2v) is 4.10. The van der Waals surface area contributed by atoms with Crippen LogP contribution in [0.4, 0.5) is 0 Å². The maximum atomic E-state index is 12.0. The molecule has 3 nitrogen and oxygen atoms in total. The first-order valence-corrected chi connectivity index (χ1v) is 5.68. The van der Waals surface area contributed by atoms with Crippen LogP contribution in [-0.4, -0.2) is 26.0 Å². The molecule has 3 heteroatoms. The molecule has 0 bridgehead atoms. The Morgan fingerprint density at radius 2 is 2.25 bits per heavy atom. The Kier molecular flexibility index (Phi) is 3.25. The highest BCUT2D eigenvalue weighted by atomic mass is 16.5. The Balaban J connectivity index is 2.24. The number of benzene rings is 1. The second kappa shape index (κ2) is 4.66. The van der Waals surface area contributed by atoms with Crippen LogP contribution in [0.25, 0.3) is 0 Å². The summed E-state index contributed by atoms with van der Waals surface area (Å²) >= 11 is 0. The van der Waals surface area contributed by atoms with E-state index in [0.717, 1.165) is 36.4 Å². The predicted molar refractivity (Wildman–Crippen MR) is 63.1 cm³/mol. The van der Waals surface area contributed by atoms with Gasteiger partial charge in [0.15, 0.2) is 5.78 Å². The van der Waals surface area contributed by atoms with Crippen molar-refractivity contribution >= 4 is 5.78 Å². The van der Waals surface area contributed by atoms with Gasteiger partial charge in [0.1, 0.15) is 5.75 Å².